The van der Waals surface area contributed by atoms with Crippen molar-refractivity contribution in [3.8, 4) is 5.75 Å². The van der Waals surface area contributed by atoms with E-state index in [1.165, 1.54) is 11.3 Å². The predicted octanol–water partition coefficient (Wildman–Crippen LogP) is 3.80. The lowest BCUT2D eigenvalue weighted by Crippen LogP contribution is -2.11. The largest absolute Gasteiger partial charge is 0.494 e. The minimum absolute atomic E-state index is 0.166. The molecule has 2 aromatic rings. The normalized spacial score (nSPS) is 10.3. The number of nitrogens with one attached hydrogen (secondary N) is 1. The number of anilines is 1. The van der Waals surface area contributed by atoms with Crippen molar-refractivity contribution in [2.75, 3.05) is 11.9 Å². The van der Waals surface area contributed by atoms with Crippen LogP contribution in [0.4, 0.5) is 5.13 Å². The number of carbonyl (C=O) groups is 1. The van der Waals surface area contributed by atoms with Crippen molar-refractivity contribution in [1.82, 2.24) is 4.98 Å². The Balaban J connectivity index is 2.08. The zero-order valence-electron chi connectivity index (χ0n) is 11.9. The Kier molecular flexibility index (Phi) is 4.74. The molecule has 0 unspecified atom stereocenters. The quantitative estimate of drug-likeness (QED) is 0.911. The lowest BCUT2D eigenvalue weighted by Gasteiger charge is -2.06. The van der Waals surface area contributed by atoms with Gasteiger partial charge >= 0.3 is 0 Å². The summed E-state index contributed by atoms with van der Waals surface area (Å²) in [5.41, 5.74) is 1.52. The smallest absolute Gasteiger partial charge is 0.257 e. The van der Waals surface area contributed by atoms with Crippen LogP contribution in [0.5, 0.6) is 5.75 Å². The van der Waals surface area contributed by atoms with Gasteiger partial charge in [-0.1, -0.05) is 13.0 Å². The van der Waals surface area contributed by atoms with E-state index in [1.807, 2.05) is 32.9 Å². The number of hydrogen-bond acceptors (Lipinski definition) is 4. The van der Waals surface area contributed by atoms with Crippen molar-refractivity contribution in [1.29, 1.82) is 0 Å². The molecule has 2 rings (SSSR count). The fourth-order valence-corrected chi connectivity index (χ4v) is 2.45. The third kappa shape index (κ3) is 3.57. The predicted molar refractivity (Wildman–Crippen MR) is 81.8 cm³/mol. The third-order valence-corrected chi connectivity index (χ3v) is 3.81. The molecule has 5 heteroatoms. The first-order valence-corrected chi connectivity index (χ1v) is 7.40. The molecular formula is C15H18N2O2S. The summed E-state index contributed by atoms with van der Waals surface area (Å²) in [6, 6.07) is 7.18. The minimum atomic E-state index is -0.166. The van der Waals surface area contributed by atoms with Gasteiger partial charge in [0.15, 0.2) is 5.13 Å². The second-order valence-electron chi connectivity index (χ2n) is 4.49. The average Bonchev–Trinajstić information content (AvgIpc) is 2.75. The molecule has 0 radical (unpaired) electrons. The summed E-state index contributed by atoms with van der Waals surface area (Å²) in [6.45, 7) is 6.61. The maximum Gasteiger partial charge on any atom is 0.257 e. The summed E-state index contributed by atoms with van der Waals surface area (Å²) in [5.74, 6) is 0.548. The molecule has 0 saturated carbocycles. The SMILES string of the molecule is CCCOc1cccc(C(=O)Nc2nc(C)c(C)s2)c1. The number of carbonyl (C=O) groups excluding carboxylic acids is 1. The molecule has 0 spiro atoms. The first-order valence-electron chi connectivity index (χ1n) is 6.58. The minimum Gasteiger partial charge on any atom is -0.494 e. The van der Waals surface area contributed by atoms with E-state index < -0.39 is 0 Å². The van der Waals surface area contributed by atoms with Crippen LogP contribution in [-0.4, -0.2) is 17.5 Å². The van der Waals surface area contributed by atoms with E-state index in [0.717, 1.165) is 17.0 Å². The first-order chi connectivity index (χ1) is 9.60. The number of amides is 1. The van der Waals surface area contributed by atoms with Gasteiger partial charge in [0.25, 0.3) is 5.91 Å². The van der Waals surface area contributed by atoms with Gasteiger partial charge in [-0.2, -0.15) is 0 Å². The Morgan fingerprint density at radius 2 is 2.20 bits per heavy atom. The highest BCUT2D eigenvalue weighted by Crippen LogP contribution is 2.22. The van der Waals surface area contributed by atoms with Gasteiger partial charge < -0.3 is 4.74 Å². The Bertz CT molecular complexity index is 588. The summed E-state index contributed by atoms with van der Waals surface area (Å²) in [6.07, 6.45) is 0.939. The van der Waals surface area contributed by atoms with Crippen molar-refractivity contribution < 1.29 is 9.53 Å². The van der Waals surface area contributed by atoms with Crippen molar-refractivity contribution in [2.45, 2.75) is 27.2 Å². The second-order valence-corrected chi connectivity index (χ2v) is 5.69. The van der Waals surface area contributed by atoms with Crippen molar-refractivity contribution in [2.24, 2.45) is 0 Å². The van der Waals surface area contributed by atoms with E-state index in [9.17, 15) is 4.79 Å². The van der Waals surface area contributed by atoms with Gasteiger partial charge in [0, 0.05) is 10.4 Å². The topological polar surface area (TPSA) is 51.2 Å². The summed E-state index contributed by atoms with van der Waals surface area (Å²) in [5, 5.41) is 3.45. The molecule has 4 nitrogen and oxygen atoms in total. The molecule has 0 aliphatic rings. The summed E-state index contributed by atoms with van der Waals surface area (Å²) in [7, 11) is 0. The van der Waals surface area contributed by atoms with Crippen LogP contribution < -0.4 is 10.1 Å². The van der Waals surface area contributed by atoms with Gasteiger partial charge in [-0.15, -0.1) is 11.3 Å². The molecule has 0 bridgehead atoms. The zero-order chi connectivity index (χ0) is 14.5. The summed E-state index contributed by atoms with van der Waals surface area (Å²) in [4.78, 5) is 17.6. The van der Waals surface area contributed by atoms with Gasteiger partial charge in [0.05, 0.1) is 12.3 Å². The monoisotopic (exact) mass is 290 g/mol. The van der Waals surface area contributed by atoms with Crippen LogP contribution in [-0.2, 0) is 0 Å². The molecule has 1 aromatic heterocycles. The molecule has 0 aliphatic heterocycles. The number of hydrogen-bond donors (Lipinski definition) is 1. The lowest BCUT2D eigenvalue weighted by molar-refractivity contribution is 0.102. The van der Waals surface area contributed by atoms with E-state index >= 15 is 0 Å². The number of aryl methyl sites for hydroxylation is 2. The Labute approximate surface area is 122 Å². The molecule has 1 N–H and O–H groups in total. The first kappa shape index (κ1) is 14.5. The van der Waals surface area contributed by atoms with Crippen LogP contribution in [0.2, 0.25) is 0 Å². The Morgan fingerprint density at radius 3 is 2.85 bits per heavy atom. The number of ether oxygens (including phenoxy) is 1. The number of aromatic nitrogens is 1. The molecule has 0 fully saturated rings. The fourth-order valence-electron chi connectivity index (χ4n) is 1.64. The van der Waals surface area contributed by atoms with Crippen LogP contribution in [0, 0.1) is 13.8 Å². The maximum atomic E-state index is 12.2. The highest BCUT2D eigenvalue weighted by Gasteiger charge is 2.10. The fraction of sp³-hybridized carbons (Fsp3) is 0.333. The van der Waals surface area contributed by atoms with Gasteiger partial charge in [0.2, 0.25) is 0 Å². The molecule has 0 aliphatic carbocycles. The van der Waals surface area contributed by atoms with Crippen molar-refractivity contribution >= 4 is 22.4 Å². The highest BCUT2D eigenvalue weighted by molar-refractivity contribution is 7.15. The molecule has 106 valence electrons. The molecule has 1 heterocycles. The van der Waals surface area contributed by atoms with E-state index in [0.29, 0.717) is 23.1 Å². The van der Waals surface area contributed by atoms with Crippen LogP contribution in [0.25, 0.3) is 0 Å². The zero-order valence-corrected chi connectivity index (χ0v) is 12.7. The van der Waals surface area contributed by atoms with Crippen LogP contribution in [0.3, 0.4) is 0 Å². The summed E-state index contributed by atoms with van der Waals surface area (Å²) >= 11 is 1.48. The van der Waals surface area contributed by atoms with E-state index in [1.54, 1.807) is 12.1 Å². The van der Waals surface area contributed by atoms with Gasteiger partial charge in [-0.25, -0.2) is 4.98 Å². The van der Waals surface area contributed by atoms with Gasteiger partial charge in [-0.05, 0) is 38.5 Å². The lowest BCUT2D eigenvalue weighted by atomic mass is 10.2. The molecular weight excluding hydrogens is 272 g/mol. The highest BCUT2D eigenvalue weighted by atomic mass is 32.1. The number of rotatable bonds is 5. The van der Waals surface area contributed by atoms with Gasteiger partial charge in [0.1, 0.15) is 5.75 Å². The molecule has 20 heavy (non-hydrogen) atoms. The van der Waals surface area contributed by atoms with Gasteiger partial charge in [-0.3, -0.25) is 10.1 Å². The van der Waals surface area contributed by atoms with E-state index in [4.69, 9.17) is 4.74 Å². The number of nitrogens with zero attached hydrogens (tertiary/aromatic N) is 1. The molecule has 0 saturated heterocycles. The number of benzene rings is 1. The van der Waals surface area contributed by atoms with Crippen LogP contribution in [0.1, 0.15) is 34.3 Å². The molecule has 0 atom stereocenters. The van der Waals surface area contributed by atoms with Crippen molar-refractivity contribution in [3.05, 3.63) is 40.4 Å². The summed E-state index contributed by atoms with van der Waals surface area (Å²) < 4.78 is 5.53. The molecule has 1 aromatic carbocycles. The van der Waals surface area contributed by atoms with E-state index in [2.05, 4.69) is 10.3 Å². The molecule has 1 amide bonds. The van der Waals surface area contributed by atoms with Crippen LogP contribution in [0.15, 0.2) is 24.3 Å². The number of thiazole rings is 1. The Morgan fingerprint density at radius 1 is 1.40 bits per heavy atom. The standard InChI is InChI=1S/C15H18N2O2S/c1-4-8-19-13-7-5-6-12(9-13)14(18)17-15-16-10(2)11(3)20-15/h5-7,9H,4,8H2,1-3H3,(H,16,17,18). The van der Waals surface area contributed by atoms with Crippen LogP contribution >= 0.6 is 11.3 Å². The van der Waals surface area contributed by atoms with Crippen molar-refractivity contribution in [3.63, 3.8) is 0 Å². The maximum absolute atomic E-state index is 12.2. The second kappa shape index (κ2) is 6.52. The van der Waals surface area contributed by atoms with E-state index in [-0.39, 0.29) is 5.91 Å². The third-order valence-electron chi connectivity index (χ3n) is 2.82. The average molecular weight is 290 g/mol. The Hall–Kier alpha value is -1.88.